The van der Waals surface area contributed by atoms with Gasteiger partial charge < -0.3 is 10.0 Å². The number of aliphatic carboxylic acids is 1. The van der Waals surface area contributed by atoms with Gasteiger partial charge in [-0.15, -0.1) is 0 Å². The van der Waals surface area contributed by atoms with Crippen molar-refractivity contribution in [3.8, 4) is 0 Å². The third-order valence-electron chi connectivity index (χ3n) is 3.05. The number of hydrogen-bond acceptors (Lipinski definition) is 3. The number of aromatic nitrogens is 1. The first-order valence-corrected chi connectivity index (χ1v) is 6.51. The molecule has 1 amide bonds. The summed E-state index contributed by atoms with van der Waals surface area (Å²) in [6, 6.07) is 3.38. The molecule has 2 heterocycles. The van der Waals surface area contributed by atoms with Crippen molar-refractivity contribution in [1.29, 1.82) is 0 Å². The molecule has 1 aliphatic heterocycles. The van der Waals surface area contributed by atoms with E-state index in [2.05, 4.69) is 20.9 Å². The molecule has 6 heteroatoms. The highest BCUT2D eigenvalue weighted by atomic mass is 79.9. The van der Waals surface area contributed by atoms with Crippen molar-refractivity contribution in [1.82, 2.24) is 9.88 Å². The van der Waals surface area contributed by atoms with Gasteiger partial charge in [-0.25, -0.2) is 4.98 Å². The van der Waals surface area contributed by atoms with Crippen LogP contribution in [-0.2, 0) is 4.79 Å². The van der Waals surface area contributed by atoms with Crippen LogP contribution in [0.25, 0.3) is 0 Å². The van der Waals surface area contributed by atoms with E-state index in [1.807, 2.05) is 0 Å². The van der Waals surface area contributed by atoms with E-state index in [9.17, 15) is 9.59 Å². The molecule has 0 unspecified atom stereocenters. The molecule has 1 N–H and O–H groups in total. The van der Waals surface area contributed by atoms with Crippen molar-refractivity contribution in [3.05, 3.63) is 28.5 Å². The van der Waals surface area contributed by atoms with Crippen LogP contribution < -0.4 is 0 Å². The number of likely N-dealkylation sites (tertiary alicyclic amines) is 1. The summed E-state index contributed by atoms with van der Waals surface area (Å²) < 4.78 is 0.493. The molecule has 5 nitrogen and oxygen atoms in total. The zero-order valence-corrected chi connectivity index (χ0v) is 11.3. The molecule has 1 aromatic rings. The minimum atomic E-state index is -0.835. The van der Waals surface area contributed by atoms with E-state index in [0.29, 0.717) is 23.1 Å². The minimum absolute atomic E-state index is 0.166. The van der Waals surface area contributed by atoms with Crippen LogP contribution in [-0.4, -0.2) is 40.0 Å². The van der Waals surface area contributed by atoms with Gasteiger partial charge in [-0.1, -0.05) is 0 Å². The Hall–Kier alpha value is -1.43. The molecule has 0 bridgehead atoms. The maximum Gasteiger partial charge on any atom is 0.308 e. The second kappa shape index (κ2) is 5.48. The Morgan fingerprint density at radius 2 is 2.28 bits per heavy atom. The highest BCUT2D eigenvalue weighted by Crippen LogP contribution is 2.21. The standard InChI is InChI=1S/C12H13BrN2O3/c13-10-9(4-1-5-14-10)11(16)15-6-2-3-8(7-15)12(17)18/h1,4-5,8H,2-3,6-7H2,(H,17,18)/t8-/m0/s1. The minimum Gasteiger partial charge on any atom is -0.481 e. The van der Waals surface area contributed by atoms with Crippen LogP contribution in [0.5, 0.6) is 0 Å². The molecule has 2 rings (SSSR count). The summed E-state index contributed by atoms with van der Waals surface area (Å²) in [5.74, 6) is -1.46. The molecule has 1 aromatic heterocycles. The fraction of sp³-hybridized carbons (Fsp3) is 0.417. The normalized spacial score (nSPS) is 19.6. The van der Waals surface area contributed by atoms with Crippen molar-refractivity contribution in [2.75, 3.05) is 13.1 Å². The van der Waals surface area contributed by atoms with E-state index in [1.54, 1.807) is 23.2 Å². The molecule has 0 radical (unpaired) electrons. The van der Waals surface area contributed by atoms with Crippen molar-refractivity contribution < 1.29 is 14.7 Å². The summed E-state index contributed by atoms with van der Waals surface area (Å²) in [4.78, 5) is 28.8. The molecule has 0 aliphatic carbocycles. The molecule has 96 valence electrons. The van der Waals surface area contributed by atoms with Crippen molar-refractivity contribution in [2.24, 2.45) is 5.92 Å². The van der Waals surface area contributed by atoms with E-state index in [0.717, 1.165) is 6.42 Å². The number of carboxylic acid groups (broad SMARTS) is 1. The molecular formula is C12H13BrN2O3. The largest absolute Gasteiger partial charge is 0.481 e. The number of carboxylic acids is 1. The summed E-state index contributed by atoms with van der Waals surface area (Å²) in [7, 11) is 0. The van der Waals surface area contributed by atoms with Gasteiger partial charge in [0.1, 0.15) is 4.60 Å². The molecular weight excluding hydrogens is 300 g/mol. The molecule has 18 heavy (non-hydrogen) atoms. The lowest BCUT2D eigenvalue weighted by molar-refractivity contribution is -0.143. The second-order valence-electron chi connectivity index (χ2n) is 4.27. The number of piperidine rings is 1. The topological polar surface area (TPSA) is 70.5 Å². The predicted molar refractivity (Wildman–Crippen MR) is 68.2 cm³/mol. The van der Waals surface area contributed by atoms with Crippen LogP contribution in [0.15, 0.2) is 22.9 Å². The number of pyridine rings is 1. The first kappa shape index (κ1) is 13.0. The van der Waals surface area contributed by atoms with E-state index in [-0.39, 0.29) is 12.5 Å². The summed E-state index contributed by atoms with van der Waals surface area (Å²) in [5, 5.41) is 9.00. The number of halogens is 1. The Morgan fingerprint density at radius 3 is 2.94 bits per heavy atom. The third-order valence-corrected chi connectivity index (χ3v) is 3.68. The zero-order valence-electron chi connectivity index (χ0n) is 9.67. The van der Waals surface area contributed by atoms with Gasteiger partial charge >= 0.3 is 5.97 Å². The van der Waals surface area contributed by atoms with Crippen LogP contribution in [0.2, 0.25) is 0 Å². The van der Waals surface area contributed by atoms with Crippen molar-refractivity contribution >= 4 is 27.8 Å². The van der Waals surface area contributed by atoms with Crippen molar-refractivity contribution in [3.63, 3.8) is 0 Å². The third kappa shape index (κ3) is 2.69. The molecule has 1 aliphatic rings. The maximum atomic E-state index is 12.3. The van der Waals surface area contributed by atoms with E-state index < -0.39 is 11.9 Å². The van der Waals surface area contributed by atoms with Crippen LogP contribution in [0.4, 0.5) is 0 Å². The Kier molecular flexibility index (Phi) is 3.96. The first-order chi connectivity index (χ1) is 8.59. The van der Waals surface area contributed by atoms with Crippen LogP contribution in [0.1, 0.15) is 23.2 Å². The van der Waals surface area contributed by atoms with E-state index >= 15 is 0 Å². The fourth-order valence-corrected chi connectivity index (χ4v) is 2.50. The predicted octanol–water partition coefficient (Wildman–Crippen LogP) is 1.78. The zero-order chi connectivity index (χ0) is 13.1. The second-order valence-corrected chi connectivity index (χ2v) is 5.02. The summed E-state index contributed by atoms with van der Waals surface area (Å²) in [6.07, 6.45) is 2.95. The Labute approximate surface area is 113 Å². The van der Waals surface area contributed by atoms with Crippen LogP contribution >= 0.6 is 15.9 Å². The highest BCUT2D eigenvalue weighted by molar-refractivity contribution is 9.10. The lowest BCUT2D eigenvalue weighted by atomic mass is 9.98. The first-order valence-electron chi connectivity index (χ1n) is 5.72. The summed E-state index contributed by atoms with van der Waals surface area (Å²) in [6.45, 7) is 0.874. The Balaban J connectivity index is 2.14. The van der Waals surface area contributed by atoms with Gasteiger partial charge in [0.05, 0.1) is 11.5 Å². The lowest BCUT2D eigenvalue weighted by Gasteiger charge is -2.30. The molecule has 1 atom stereocenters. The summed E-state index contributed by atoms with van der Waals surface area (Å²) in [5.41, 5.74) is 0.475. The van der Waals surface area contributed by atoms with Gasteiger partial charge in [0.15, 0.2) is 0 Å². The van der Waals surface area contributed by atoms with Crippen LogP contribution in [0, 0.1) is 5.92 Å². The fourth-order valence-electron chi connectivity index (χ4n) is 2.08. The van der Waals surface area contributed by atoms with Gasteiger partial charge in [0, 0.05) is 19.3 Å². The number of hydrogen-bond donors (Lipinski definition) is 1. The quantitative estimate of drug-likeness (QED) is 0.845. The number of carbonyl (C=O) groups is 2. The molecule has 1 saturated heterocycles. The van der Waals surface area contributed by atoms with Gasteiger partial charge in [0.2, 0.25) is 0 Å². The van der Waals surface area contributed by atoms with E-state index in [4.69, 9.17) is 5.11 Å². The number of amides is 1. The Morgan fingerprint density at radius 1 is 1.50 bits per heavy atom. The molecule has 0 saturated carbocycles. The average molecular weight is 313 g/mol. The molecule has 0 spiro atoms. The number of nitrogens with zero attached hydrogens (tertiary/aromatic N) is 2. The van der Waals surface area contributed by atoms with Gasteiger partial charge in [-0.05, 0) is 40.9 Å². The number of carbonyl (C=O) groups excluding carboxylic acids is 1. The SMILES string of the molecule is O=C(O)[C@H]1CCCN(C(=O)c2cccnc2Br)C1. The molecule has 0 aromatic carbocycles. The molecule has 1 fully saturated rings. The summed E-state index contributed by atoms with van der Waals surface area (Å²) >= 11 is 3.23. The van der Waals surface area contributed by atoms with Crippen LogP contribution in [0.3, 0.4) is 0 Å². The van der Waals surface area contributed by atoms with Gasteiger partial charge in [-0.2, -0.15) is 0 Å². The van der Waals surface area contributed by atoms with E-state index in [1.165, 1.54) is 0 Å². The lowest BCUT2D eigenvalue weighted by Crippen LogP contribution is -2.42. The van der Waals surface area contributed by atoms with Gasteiger partial charge in [-0.3, -0.25) is 9.59 Å². The van der Waals surface area contributed by atoms with Gasteiger partial charge in [0.25, 0.3) is 5.91 Å². The monoisotopic (exact) mass is 312 g/mol. The maximum absolute atomic E-state index is 12.3. The van der Waals surface area contributed by atoms with Crippen molar-refractivity contribution in [2.45, 2.75) is 12.8 Å². The Bertz CT molecular complexity index is 478. The smallest absolute Gasteiger partial charge is 0.308 e. The average Bonchev–Trinajstić information content (AvgIpc) is 2.38. The number of rotatable bonds is 2. The highest BCUT2D eigenvalue weighted by Gasteiger charge is 2.29.